The van der Waals surface area contributed by atoms with Crippen LogP contribution in [-0.4, -0.2) is 17.8 Å². The fraction of sp³-hybridized carbons (Fsp3) is 0.600. The van der Waals surface area contributed by atoms with Crippen molar-refractivity contribution in [3.05, 3.63) is 34.3 Å². The van der Waals surface area contributed by atoms with E-state index in [-0.39, 0.29) is 6.10 Å². The number of aliphatic hydroxyl groups is 1. The molecule has 1 aliphatic rings. The van der Waals surface area contributed by atoms with Gasteiger partial charge in [0.15, 0.2) is 0 Å². The first kappa shape index (κ1) is 14.0. The predicted molar refractivity (Wildman–Crippen MR) is 78.5 cm³/mol. The fourth-order valence-electron chi connectivity index (χ4n) is 2.66. The zero-order valence-electron chi connectivity index (χ0n) is 10.9. The lowest BCUT2D eigenvalue weighted by atomic mass is 9.87. The smallest absolute Gasteiger partial charge is 0.0543 e. The lowest BCUT2D eigenvalue weighted by molar-refractivity contribution is 0.0998. The zero-order chi connectivity index (χ0) is 13.0. The minimum Gasteiger partial charge on any atom is -0.393 e. The third kappa shape index (κ3) is 4.08. The predicted octanol–water partition coefficient (Wildman–Crippen LogP) is 3.65. The molecule has 2 rings (SSSR count). The number of benzene rings is 1. The summed E-state index contributed by atoms with van der Waals surface area (Å²) in [4.78, 5) is 0. The Hall–Kier alpha value is -0.380. The van der Waals surface area contributed by atoms with Crippen LogP contribution in [0.15, 0.2) is 28.7 Å². The van der Waals surface area contributed by atoms with Gasteiger partial charge in [0.2, 0.25) is 0 Å². The molecule has 0 heterocycles. The summed E-state index contributed by atoms with van der Waals surface area (Å²) in [5.74, 6) is 0.631. The SMILES string of the molecule is CC(NCC1CCCC(O)C1)c1ccc(Br)cc1. The van der Waals surface area contributed by atoms with Crippen LogP contribution in [0.5, 0.6) is 0 Å². The molecule has 3 atom stereocenters. The zero-order valence-corrected chi connectivity index (χ0v) is 12.5. The van der Waals surface area contributed by atoms with Gasteiger partial charge in [-0.1, -0.05) is 34.5 Å². The van der Waals surface area contributed by atoms with E-state index in [0.29, 0.717) is 12.0 Å². The Morgan fingerprint density at radius 3 is 2.72 bits per heavy atom. The van der Waals surface area contributed by atoms with Crippen molar-refractivity contribution in [1.82, 2.24) is 5.32 Å². The molecule has 3 unspecified atom stereocenters. The van der Waals surface area contributed by atoms with Gasteiger partial charge in [-0.15, -0.1) is 0 Å². The van der Waals surface area contributed by atoms with Crippen LogP contribution in [0.4, 0.5) is 0 Å². The van der Waals surface area contributed by atoms with Gasteiger partial charge in [0, 0.05) is 10.5 Å². The Kier molecular flexibility index (Phi) is 5.22. The van der Waals surface area contributed by atoms with Gasteiger partial charge in [-0.2, -0.15) is 0 Å². The summed E-state index contributed by atoms with van der Waals surface area (Å²) in [6.45, 7) is 3.21. The van der Waals surface area contributed by atoms with Crippen LogP contribution in [0.25, 0.3) is 0 Å². The monoisotopic (exact) mass is 311 g/mol. The van der Waals surface area contributed by atoms with Gasteiger partial charge in [0.25, 0.3) is 0 Å². The van der Waals surface area contributed by atoms with Crippen molar-refractivity contribution in [2.24, 2.45) is 5.92 Å². The Morgan fingerprint density at radius 2 is 2.06 bits per heavy atom. The van der Waals surface area contributed by atoms with Gasteiger partial charge in [0.05, 0.1) is 6.10 Å². The van der Waals surface area contributed by atoms with E-state index >= 15 is 0 Å². The van der Waals surface area contributed by atoms with Gasteiger partial charge >= 0.3 is 0 Å². The molecule has 2 N–H and O–H groups in total. The van der Waals surface area contributed by atoms with Crippen LogP contribution in [0, 0.1) is 5.92 Å². The third-order valence-corrected chi connectivity index (χ3v) is 4.37. The van der Waals surface area contributed by atoms with Crippen molar-refractivity contribution < 1.29 is 5.11 Å². The largest absolute Gasteiger partial charge is 0.393 e. The molecule has 1 aliphatic carbocycles. The Labute approximate surface area is 118 Å². The minimum atomic E-state index is -0.0754. The normalized spacial score (nSPS) is 25.9. The molecule has 3 heteroatoms. The summed E-state index contributed by atoms with van der Waals surface area (Å²) in [6, 6.07) is 8.84. The number of hydrogen-bond acceptors (Lipinski definition) is 2. The van der Waals surface area contributed by atoms with Gasteiger partial charge < -0.3 is 10.4 Å². The molecular formula is C15H22BrNO. The van der Waals surface area contributed by atoms with Crippen LogP contribution in [-0.2, 0) is 0 Å². The van der Waals surface area contributed by atoms with E-state index in [0.717, 1.165) is 23.9 Å². The molecule has 0 amide bonds. The molecule has 0 radical (unpaired) electrons. The number of hydrogen-bond donors (Lipinski definition) is 2. The quantitative estimate of drug-likeness (QED) is 0.889. The van der Waals surface area contributed by atoms with Crippen molar-refractivity contribution in [3.8, 4) is 0 Å². The fourth-order valence-corrected chi connectivity index (χ4v) is 2.93. The lowest BCUT2D eigenvalue weighted by Gasteiger charge is -2.27. The van der Waals surface area contributed by atoms with E-state index in [2.05, 4.69) is 52.4 Å². The first-order valence-corrected chi connectivity index (χ1v) is 7.61. The highest BCUT2D eigenvalue weighted by atomic mass is 79.9. The number of aliphatic hydroxyl groups excluding tert-OH is 1. The van der Waals surface area contributed by atoms with E-state index in [1.54, 1.807) is 0 Å². The van der Waals surface area contributed by atoms with E-state index in [4.69, 9.17) is 0 Å². The second-order valence-electron chi connectivity index (χ2n) is 5.37. The molecule has 1 aromatic rings. The average molecular weight is 312 g/mol. The summed E-state index contributed by atoms with van der Waals surface area (Å²) < 4.78 is 1.12. The maximum Gasteiger partial charge on any atom is 0.0543 e. The maximum absolute atomic E-state index is 9.66. The molecular weight excluding hydrogens is 290 g/mol. The van der Waals surface area contributed by atoms with Crippen molar-refractivity contribution in [3.63, 3.8) is 0 Å². The van der Waals surface area contributed by atoms with E-state index in [9.17, 15) is 5.11 Å². The number of nitrogens with one attached hydrogen (secondary N) is 1. The number of halogens is 1. The topological polar surface area (TPSA) is 32.3 Å². The highest BCUT2D eigenvalue weighted by molar-refractivity contribution is 9.10. The standard InChI is InChI=1S/C15H22BrNO/c1-11(13-5-7-14(16)8-6-13)17-10-12-3-2-4-15(18)9-12/h5-8,11-12,15,17-18H,2-4,9-10H2,1H3. The van der Waals surface area contributed by atoms with Crippen molar-refractivity contribution in [2.45, 2.75) is 44.8 Å². The van der Waals surface area contributed by atoms with E-state index < -0.39 is 0 Å². The summed E-state index contributed by atoms with van der Waals surface area (Å²) >= 11 is 3.45. The Morgan fingerprint density at radius 1 is 1.33 bits per heavy atom. The molecule has 1 fully saturated rings. The van der Waals surface area contributed by atoms with Gasteiger partial charge in [0.1, 0.15) is 0 Å². The first-order valence-electron chi connectivity index (χ1n) is 6.82. The summed E-state index contributed by atoms with van der Waals surface area (Å²) in [6.07, 6.45) is 4.28. The first-order chi connectivity index (χ1) is 8.65. The molecule has 0 aliphatic heterocycles. The summed E-state index contributed by atoms with van der Waals surface area (Å²) in [7, 11) is 0. The van der Waals surface area contributed by atoms with Crippen LogP contribution in [0.1, 0.15) is 44.2 Å². The molecule has 18 heavy (non-hydrogen) atoms. The molecule has 1 saturated carbocycles. The summed E-state index contributed by atoms with van der Waals surface area (Å²) in [5, 5.41) is 13.2. The molecule has 0 spiro atoms. The van der Waals surface area contributed by atoms with Crippen molar-refractivity contribution in [2.75, 3.05) is 6.54 Å². The Bertz CT molecular complexity index is 365. The lowest BCUT2D eigenvalue weighted by Crippen LogP contribution is -2.30. The highest BCUT2D eigenvalue weighted by Crippen LogP contribution is 2.24. The van der Waals surface area contributed by atoms with E-state index in [1.165, 1.54) is 18.4 Å². The van der Waals surface area contributed by atoms with Crippen LogP contribution in [0.3, 0.4) is 0 Å². The second kappa shape index (κ2) is 6.69. The second-order valence-corrected chi connectivity index (χ2v) is 6.28. The van der Waals surface area contributed by atoms with Gasteiger partial charge in [-0.05, 0) is 56.3 Å². The number of rotatable bonds is 4. The molecule has 0 bridgehead atoms. The highest BCUT2D eigenvalue weighted by Gasteiger charge is 2.20. The van der Waals surface area contributed by atoms with Gasteiger partial charge in [-0.25, -0.2) is 0 Å². The minimum absolute atomic E-state index is 0.0754. The van der Waals surface area contributed by atoms with Crippen molar-refractivity contribution >= 4 is 15.9 Å². The van der Waals surface area contributed by atoms with Crippen LogP contribution in [0.2, 0.25) is 0 Å². The van der Waals surface area contributed by atoms with Crippen LogP contribution < -0.4 is 5.32 Å². The Balaban J connectivity index is 1.80. The third-order valence-electron chi connectivity index (χ3n) is 3.84. The van der Waals surface area contributed by atoms with Crippen LogP contribution >= 0.6 is 15.9 Å². The molecule has 1 aromatic carbocycles. The molecule has 100 valence electrons. The van der Waals surface area contributed by atoms with E-state index in [1.807, 2.05) is 0 Å². The maximum atomic E-state index is 9.66. The molecule has 0 aromatic heterocycles. The summed E-state index contributed by atoms with van der Waals surface area (Å²) in [5.41, 5.74) is 1.31. The van der Waals surface area contributed by atoms with Crippen molar-refractivity contribution in [1.29, 1.82) is 0 Å². The molecule has 2 nitrogen and oxygen atoms in total. The van der Waals surface area contributed by atoms with Gasteiger partial charge in [-0.3, -0.25) is 0 Å². The molecule has 0 saturated heterocycles. The average Bonchev–Trinajstić information content (AvgIpc) is 2.37.